The van der Waals surface area contributed by atoms with Gasteiger partial charge in [-0.1, -0.05) is 30.7 Å². The van der Waals surface area contributed by atoms with Gasteiger partial charge in [0.1, 0.15) is 12.4 Å². The Labute approximate surface area is 172 Å². The Balaban J connectivity index is 1.74. The molecule has 6 nitrogen and oxygen atoms in total. The zero-order valence-corrected chi connectivity index (χ0v) is 17.0. The SMILES string of the molecule is CCc1n[nH]c(=S)n1NCc1cc(OC)c(OCc2ccc(F)cc2)cc1Cl. The average molecular weight is 423 g/mol. The van der Waals surface area contributed by atoms with Gasteiger partial charge in [0.05, 0.1) is 13.7 Å². The number of methoxy groups -OCH3 is 1. The molecular formula is C19H20ClFN4O2S. The molecule has 0 aliphatic rings. The van der Waals surface area contributed by atoms with E-state index in [2.05, 4.69) is 15.6 Å². The fourth-order valence-corrected chi connectivity index (χ4v) is 3.06. The molecular weight excluding hydrogens is 403 g/mol. The van der Waals surface area contributed by atoms with Crippen LogP contribution in [0.15, 0.2) is 36.4 Å². The minimum Gasteiger partial charge on any atom is -0.493 e. The van der Waals surface area contributed by atoms with Crippen molar-refractivity contribution < 1.29 is 13.9 Å². The molecule has 9 heteroatoms. The normalized spacial score (nSPS) is 10.7. The number of benzene rings is 2. The van der Waals surface area contributed by atoms with Gasteiger partial charge in [-0.3, -0.25) is 5.10 Å². The largest absolute Gasteiger partial charge is 0.493 e. The maximum atomic E-state index is 13.0. The molecule has 3 aromatic rings. The van der Waals surface area contributed by atoms with E-state index in [0.29, 0.717) is 27.8 Å². The number of hydrogen-bond acceptors (Lipinski definition) is 5. The van der Waals surface area contributed by atoms with Crippen molar-refractivity contribution in [1.82, 2.24) is 14.9 Å². The molecule has 0 unspecified atom stereocenters. The second-order valence-corrected chi connectivity index (χ2v) is 6.77. The highest BCUT2D eigenvalue weighted by atomic mass is 35.5. The van der Waals surface area contributed by atoms with E-state index in [9.17, 15) is 4.39 Å². The maximum absolute atomic E-state index is 13.0. The summed E-state index contributed by atoms with van der Waals surface area (Å²) in [5.74, 6) is 1.57. The second kappa shape index (κ2) is 9.07. The zero-order chi connectivity index (χ0) is 20.1. The first-order valence-electron chi connectivity index (χ1n) is 8.65. The van der Waals surface area contributed by atoms with E-state index in [0.717, 1.165) is 23.4 Å². The Morgan fingerprint density at radius 1 is 1.25 bits per heavy atom. The summed E-state index contributed by atoms with van der Waals surface area (Å²) in [7, 11) is 1.56. The molecule has 1 aromatic heterocycles. The molecule has 0 saturated heterocycles. The first-order valence-corrected chi connectivity index (χ1v) is 9.44. The molecule has 1 heterocycles. The lowest BCUT2D eigenvalue weighted by atomic mass is 10.2. The van der Waals surface area contributed by atoms with Crippen molar-refractivity contribution in [2.45, 2.75) is 26.5 Å². The molecule has 2 aromatic carbocycles. The summed E-state index contributed by atoms with van der Waals surface area (Å²) in [6.45, 7) is 2.69. The monoisotopic (exact) mass is 422 g/mol. The number of ether oxygens (including phenoxy) is 2. The summed E-state index contributed by atoms with van der Waals surface area (Å²) >= 11 is 11.7. The highest BCUT2D eigenvalue weighted by Gasteiger charge is 2.12. The smallest absolute Gasteiger partial charge is 0.214 e. The summed E-state index contributed by atoms with van der Waals surface area (Å²) in [6, 6.07) is 9.64. The third kappa shape index (κ3) is 4.63. The predicted octanol–water partition coefficient (Wildman–Crippen LogP) is 4.63. The molecule has 0 atom stereocenters. The van der Waals surface area contributed by atoms with Crippen LogP contribution in [0.25, 0.3) is 0 Å². The molecule has 0 aliphatic heterocycles. The van der Waals surface area contributed by atoms with Gasteiger partial charge in [0, 0.05) is 17.5 Å². The van der Waals surface area contributed by atoms with E-state index in [1.54, 1.807) is 30.0 Å². The number of aromatic nitrogens is 3. The summed E-state index contributed by atoms with van der Waals surface area (Å²) in [5.41, 5.74) is 4.86. The van der Waals surface area contributed by atoms with Gasteiger partial charge in [-0.15, -0.1) is 0 Å². The summed E-state index contributed by atoms with van der Waals surface area (Å²) < 4.78 is 26.5. The average Bonchev–Trinajstić information content (AvgIpc) is 3.06. The summed E-state index contributed by atoms with van der Waals surface area (Å²) in [4.78, 5) is 0. The van der Waals surface area contributed by atoms with E-state index in [4.69, 9.17) is 33.3 Å². The number of H-pyrrole nitrogens is 1. The lowest BCUT2D eigenvalue weighted by Crippen LogP contribution is -2.17. The van der Waals surface area contributed by atoms with Gasteiger partial charge in [0.2, 0.25) is 4.77 Å². The molecule has 28 heavy (non-hydrogen) atoms. The van der Waals surface area contributed by atoms with Crippen LogP contribution in [0, 0.1) is 10.6 Å². The number of aromatic amines is 1. The number of rotatable bonds is 8. The topological polar surface area (TPSA) is 64.1 Å². The molecule has 0 bridgehead atoms. The number of halogens is 2. The zero-order valence-electron chi connectivity index (χ0n) is 15.5. The van der Waals surface area contributed by atoms with Crippen molar-refractivity contribution in [3.8, 4) is 11.5 Å². The Morgan fingerprint density at radius 3 is 2.68 bits per heavy atom. The van der Waals surface area contributed by atoms with Crippen molar-refractivity contribution in [3.63, 3.8) is 0 Å². The molecule has 0 saturated carbocycles. The van der Waals surface area contributed by atoms with Gasteiger partial charge < -0.3 is 14.9 Å². The highest BCUT2D eigenvalue weighted by Crippen LogP contribution is 2.34. The third-order valence-corrected chi connectivity index (χ3v) is 4.75. The van der Waals surface area contributed by atoms with E-state index in [1.807, 2.05) is 13.0 Å². The molecule has 0 fully saturated rings. The Morgan fingerprint density at radius 2 is 2.00 bits per heavy atom. The number of nitrogens with one attached hydrogen (secondary N) is 2. The van der Waals surface area contributed by atoms with E-state index in [1.165, 1.54) is 12.1 Å². The Bertz CT molecular complexity index is 1000. The third-order valence-electron chi connectivity index (χ3n) is 4.13. The summed E-state index contributed by atoms with van der Waals surface area (Å²) in [5, 5.41) is 7.44. The van der Waals surface area contributed by atoms with Crippen LogP contribution >= 0.6 is 23.8 Å². The second-order valence-electron chi connectivity index (χ2n) is 5.98. The van der Waals surface area contributed by atoms with Crippen LogP contribution in [-0.4, -0.2) is 22.0 Å². The van der Waals surface area contributed by atoms with Crippen LogP contribution in [0.5, 0.6) is 11.5 Å². The standard InChI is InChI=1S/C19H20ClFN4O2S/c1-3-18-23-24-19(28)25(18)22-10-13-8-16(26-2)17(9-15(13)20)27-11-12-4-6-14(21)7-5-12/h4-9,22H,3,10-11H2,1-2H3,(H,24,28). The van der Waals surface area contributed by atoms with Crippen LogP contribution in [0.1, 0.15) is 23.9 Å². The van der Waals surface area contributed by atoms with Gasteiger partial charge >= 0.3 is 0 Å². The van der Waals surface area contributed by atoms with E-state index < -0.39 is 0 Å². The van der Waals surface area contributed by atoms with Crippen LogP contribution in [-0.2, 0) is 19.6 Å². The quantitative estimate of drug-likeness (QED) is 0.518. The first-order chi connectivity index (χ1) is 13.5. The van der Waals surface area contributed by atoms with Gasteiger partial charge in [-0.05, 0) is 41.5 Å². The Kier molecular flexibility index (Phi) is 6.53. The van der Waals surface area contributed by atoms with E-state index in [-0.39, 0.29) is 12.4 Å². The molecule has 0 aliphatic carbocycles. The molecule has 3 rings (SSSR count). The molecule has 148 valence electrons. The van der Waals surface area contributed by atoms with Crippen molar-refractivity contribution in [3.05, 3.63) is 69.0 Å². The maximum Gasteiger partial charge on any atom is 0.214 e. The highest BCUT2D eigenvalue weighted by molar-refractivity contribution is 7.71. The van der Waals surface area contributed by atoms with Crippen LogP contribution in [0.2, 0.25) is 5.02 Å². The van der Waals surface area contributed by atoms with Crippen LogP contribution < -0.4 is 14.9 Å². The van der Waals surface area contributed by atoms with Gasteiger partial charge in [-0.25, -0.2) is 9.07 Å². The van der Waals surface area contributed by atoms with Gasteiger partial charge in [0.15, 0.2) is 17.3 Å². The van der Waals surface area contributed by atoms with Crippen molar-refractivity contribution >= 4 is 23.8 Å². The fraction of sp³-hybridized carbons (Fsp3) is 0.263. The number of aryl methyl sites for hydroxylation is 1. The number of hydrogen-bond donors (Lipinski definition) is 2. The van der Waals surface area contributed by atoms with Crippen LogP contribution in [0.4, 0.5) is 4.39 Å². The lowest BCUT2D eigenvalue weighted by Gasteiger charge is -2.15. The molecule has 0 radical (unpaired) electrons. The van der Waals surface area contributed by atoms with Crippen molar-refractivity contribution in [1.29, 1.82) is 0 Å². The van der Waals surface area contributed by atoms with Gasteiger partial charge in [0.25, 0.3) is 0 Å². The van der Waals surface area contributed by atoms with Crippen molar-refractivity contribution in [2.75, 3.05) is 12.5 Å². The molecule has 0 amide bonds. The molecule has 2 N–H and O–H groups in total. The number of nitrogens with zero attached hydrogens (tertiary/aromatic N) is 2. The summed E-state index contributed by atoms with van der Waals surface area (Å²) in [6.07, 6.45) is 0.730. The predicted molar refractivity (Wildman–Crippen MR) is 109 cm³/mol. The lowest BCUT2D eigenvalue weighted by molar-refractivity contribution is 0.284. The van der Waals surface area contributed by atoms with Gasteiger partial charge in [-0.2, -0.15) is 5.10 Å². The van der Waals surface area contributed by atoms with Crippen LogP contribution in [0.3, 0.4) is 0 Å². The Hall–Kier alpha value is -2.58. The minimum atomic E-state index is -0.287. The fourth-order valence-electron chi connectivity index (χ4n) is 2.62. The molecule has 0 spiro atoms. The van der Waals surface area contributed by atoms with Crippen molar-refractivity contribution in [2.24, 2.45) is 0 Å². The van der Waals surface area contributed by atoms with E-state index >= 15 is 0 Å². The first kappa shape index (κ1) is 20.2. The minimum absolute atomic E-state index is 0.272.